The lowest BCUT2D eigenvalue weighted by Gasteiger charge is -2.31. The predicted octanol–water partition coefficient (Wildman–Crippen LogP) is 17.9. The van der Waals surface area contributed by atoms with Crippen molar-refractivity contribution in [2.75, 3.05) is 0 Å². The SMILES string of the molecule is C=C/C(=C\C(=C/C(C)(C)C)c1cccc2c1c1c(C(C)(C)CC)c(-c3cc(C(C)(C)C)cc(C(C)(C)C)c3)ccc1n2-c1cc(C(C)(C)C)cc(C(C)(C)C)c1)C(C)(C)C. The molecule has 5 rings (SSSR count). The second-order valence-corrected chi connectivity index (χ2v) is 24.7. The van der Waals surface area contributed by atoms with Crippen LogP contribution in [0.5, 0.6) is 0 Å². The van der Waals surface area contributed by atoms with Crippen LogP contribution >= 0.6 is 0 Å². The molecule has 0 saturated heterocycles. The summed E-state index contributed by atoms with van der Waals surface area (Å²) in [4.78, 5) is 0. The van der Waals surface area contributed by atoms with E-state index in [2.05, 4.69) is 242 Å². The normalized spacial score (nSPS) is 14.4. The van der Waals surface area contributed by atoms with Gasteiger partial charge < -0.3 is 4.57 Å². The van der Waals surface area contributed by atoms with E-state index in [4.69, 9.17) is 0 Å². The Labute approximate surface area is 367 Å². The van der Waals surface area contributed by atoms with Crippen LogP contribution in [0.4, 0.5) is 0 Å². The summed E-state index contributed by atoms with van der Waals surface area (Å²) in [6, 6.07) is 26.7. The van der Waals surface area contributed by atoms with Crippen molar-refractivity contribution in [3.05, 3.63) is 130 Å². The van der Waals surface area contributed by atoms with E-state index < -0.39 is 0 Å². The van der Waals surface area contributed by atoms with Crippen LogP contribution in [0.25, 0.3) is 44.2 Å². The smallest absolute Gasteiger partial charge is 0.0547 e. The van der Waals surface area contributed by atoms with Gasteiger partial charge >= 0.3 is 0 Å². The number of rotatable bonds is 7. The third-order valence-corrected chi connectivity index (χ3v) is 12.7. The second-order valence-electron chi connectivity index (χ2n) is 24.7. The molecule has 60 heavy (non-hydrogen) atoms. The molecule has 0 unspecified atom stereocenters. The maximum absolute atomic E-state index is 4.33. The molecule has 0 radical (unpaired) electrons. The molecule has 0 saturated carbocycles. The average molecular weight is 804 g/mol. The van der Waals surface area contributed by atoms with Crippen molar-refractivity contribution in [1.29, 1.82) is 0 Å². The number of allylic oxidation sites excluding steroid dienone is 5. The Hall–Kier alpha value is -4.10. The van der Waals surface area contributed by atoms with Crippen molar-refractivity contribution < 1.29 is 0 Å². The molecule has 0 bridgehead atoms. The van der Waals surface area contributed by atoms with Crippen LogP contribution in [0.2, 0.25) is 0 Å². The minimum absolute atomic E-state index is 0.00147. The fourth-order valence-corrected chi connectivity index (χ4v) is 8.46. The first-order valence-corrected chi connectivity index (χ1v) is 22.7. The van der Waals surface area contributed by atoms with Gasteiger partial charge in [-0.25, -0.2) is 0 Å². The van der Waals surface area contributed by atoms with E-state index >= 15 is 0 Å². The van der Waals surface area contributed by atoms with Crippen molar-refractivity contribution in [1.82, 2.24) is 4.57 Å². The first-order valence-electron chi connectivity index (χ1n) is 22.7. The van der Waals surface area contributed by atoms with Crippen molar-refractivity contribution >= 4 is 27.4 Å². The molecule has 5 aromatic rings. The summed E-state index contributed by atoms with van der Waals surface area (Å²) < 4.78 is 2.60. The van der Waals surface area contributed by atoms with E-state index in [-0.39, 0.29) is 37.9 Å². The molecule has 0 atom stereocenters. The molecule has 0 aliphatic heterocycles. The van der Waals surface area contributed by atoms with E-state index in [1.54, 1.807) is 0 Å². The zero-order chi connectivity index (χ0) is 45.3. The molecule has 0 amide bonds. The lowest BCUT2D eigenvalue weighted by Crippen LogP contribution is -2.19. The molecular weight excluding hydrogens is 723 g/mol. The van der Waals surface area contributed by atoms with Crippen molar-refractivity contribution in [3.63, 3.8) is 0 Å². The molecule has 4 aromatic carbocycles. The van der Waals surface area contributed by atoms with Crippen molar-refractivity contribution in [2.24, 2.45) is 10.8 Å². The summed E-state index contributed by atoms with van der Waals surface area (Å²) >= 11 is 0. The number of hydrogen-bond donors (Lipinski definition) is 0. The summed E-state index contributed by atoms with van der Waals surface area (Å²) in [5, 5.41) is 2.67. The highest BCUT2D eigenvalue weighted by Crippen LogP contribution is 2.49. The fourth-order valence-electron chi connectivity index (χ4n) is 8.46. The molecule has 0 aliphatic carbocycles. The number of benzene rings is 4. The summed E-state index contributed by atoms with van der Waals surface area (Å²) in [5.41, 5.74) is 16.7. The molecule has 1 nitrogen and oxygen atoms in total. The van der Waals surface area contributed by atoms with Gasteiger partial charge in [-0.05, 0) is 124 Å². The topological polar surface area (TPSA) is 4.93 Å². The Balaban J connectivity index is 2.17. The number of nitrogens with zero attached hydrogens (tertiary/aromatic N) is 1. The van der Waals surface area contributed by atoms with Crippen LogP contribution in [0.15, 0.2) is 97.1 Å². The minimum Gasteiger partial charge on any atom is -0.309 e. The van der Waals surface area contributed by atoms with Crippen LogP contribution in [0, 0.1) is 10.8 Å². The zero-order valence-electron chi connectivity index (χ0n) is 41.9. The van der Waals surface area contributed by atoms with Gasteiger partial charge in [0, 0.05) is 16.5 Å². The van der Waals surface area contributed by atoms with Crippen molar-refractivity contribution in [2.45, 2.75) is 179 Å². The number of fused-ring (bicyclic) bond motifs is 3. The molecule has 322 valence electrons. The third-order valence-electron chi connectivity index (χ3n) is 12.7. The van der Waals surface area contributed by atoms with Crippen LogP contribution in [-0.4, -0.2) is 4.57 Å². The van der Waals surface area contributed by atoms with Crippen LogP contribution in [0.1, 0.15) is 185 Å². The number of hydrogen-bond acceptors (Lipinski definition) is 0. The summed E-state index contributed by atoms with van der Waals surface area (Å²) in [6.45, 7) is 53.6. The highest BCUT2D eigenvalue weighted by molar-refractivity contribution is 6.17. The largest absolute Gasteiger partial charge is 0.309 e. The Kier molecular flexibility index (Phi) is 12.3. The molecular formula is C59H81N. The van der Waals surface area contributed by atoms with Gasteiger partial charge in [-0.2, -0.15) is 0 Å². The van der Waals surface area contributed by atoms with Gasteiger partial charge in [0.25, 0.3) is 0 Å². The lowest BCUT2D eigenvalue weighted by molar-refractivity contribution is 0.512. The highest BCUT2D eigenvalue weighted by atomic mass is 15.0. The molecule has 0 aliphatic rings. The van der Waals surface area contributed by atoms with E-state index in [0.717, 1.165) is 6.42 Å². The van der Waals surface area contributed by atoms with Gasteiger partial charge in [0.2, 0.25) is 0 Å². The number of aromatic nitrogens is 1. The monoisotopic (exact) mass is 804 g/mol. The molecule has 0 fully saturated rings. The highest BCUT2D eigenvalue weighted by Gasteiger charge is 2.32. The van der Waals surface area contributed by atoms with Gasteiger partial charge in [-0.15, -0.1) is 0 Å². The van der Waals surface area contributed by atoms with Gasteiger partial charge in [0.1, 0.15) is 0 Å². The second kappa shape index (κ2) is 15.7. The summed E-state index contributed by atoms with van der Waals surface area (Å²) in [5.74, 6) is 0. The standard InChI is InChI=1S/C59H81N/c1-23-40(54(6,7)8)32-39(37-53(3,4)5)46-26-25-27-48-50(46)51-49(60(48)45-35-43(57(15,16)17)34-44(36-45)58(18,19)20)29-28-47(52(51)59(21,22)24-2)38-30-41(55(9,10)11)33-42(31-38)56(12,13)14/h23,25-37H,1,24H2,2-22H3/b39-37+,40-32+. The van der Waals surface area contributed by atoms with Gasteiger partial charge in [-0.3, -0.25) is 0 Å². The van der Waals surface area contributed by atoms with Gasteiger partial charge in [-0.1, -0.05) is 213 Å². The Morgan fingerprint density at radius 2 is 1.03 bits per heavy atom. The average Bonchev–Trinajstić information content (AvgIpc) is 3.44. The van der Waals surface area contributed by atoms with Crippen molar-refractivity contribution in [3.8, 4) is 16.8 Å². The lowest BCUT2D eigenvalue weighted by atomic mass is 9.73. The quantitative estimate of drug-likeness (QED) is 0.144. The Bertz CT molecular complexity index is 2410. The molecule has 1 aromatic heterocycles. The minimum atomic E-state index is -0.147. The maximum Gasteiger partial charge on any atom is 0.0547 e. The van der Waals surface area contributed by atoms with E-state index in [0.29, 0.717) is 0 Å². The Morgan fingerprint density at radius 3 is 1.45 bits per heavy atom. The summed E-state index contributed by atoms with van der Waals surface area (Å²) in [6.07, 6.45) is 7.96. The van der Waals surface area contributed by atoms with Gasteiger partial charge in [0.05, 0.1) is 11.0 Å². The Morgan fingerprint density at radius 1 is 0.567 bits per heavy atom. The zero-order valence-corrected chi connectivity index (χ0v) is 41.9. The maximum atomic E-state index is 4.33. The molecule has 0 N–H and O–H groups in total. The molecule has 1 heterocycles. The molecule has 0 spiro atoms. The third kappa shape index (κ3) is 9.67. The summed E-state index contributed by atoms with van der Waals surface area (Å²) in [7, 11) is 0. The van der Waals surface area contributed by atoms with Crippen LogP contribution < -0.4 is 0 Å². The van der Waals surface area contributed by atoms with Gasteiger partial charge in [0.15, 0.2) is 0 Å². The van der Waals surface area contributed by atoms with Crippen LogP contribution in [0.3, 0.4) is 0 Å². The van der Waals surface area contributed by atoms with E-state index in [9.17, 15) is 0 Å². The van der Waals surface area contributed by atoms with E-state index in [1.807, 2.05) is 0 Å². The fraction of sp³-hybridized carbons (Fsp3) is 0.492. The first kappa shape index (κ1) is 47.0. The molecule has 1 heteroatoms. The van der Waals surface area contributed by atoms with E-state index in [1.165, 1.54) is 83.1 Å². The predicted molar refractivity (Wildman–Crippen MR) is 270 cm³/mol. The first-order chi connectivity index (χ1) is 27.2. The van der Waals surface area contributed by atoms with Crippen LogP contribution in [-0.2, 0) is 27.1 Å².